The lowest BCUT2D eigenvalue weighted by molar-refractivity contribution is 0.138. The molecule has 0 saturated carbocycles. The minimum atomic E-state index is -3.85. The number of hydrogen-bond donors (Lipinski definition) is 3. The number of rotatable bonds is 7. The van der Waals surface area contributed by atoms with E-state index in [9.17, 15) is 8.42 Å². The van der Waals surface area contributed by atoms with Gasteiger partial charge in [-0.3, -0.25) is 0 Å². The minimum Gasteiger partial charge on any atom is -0.446 e. The predicted octanol–water partition coefficient (Wildman–Crippen LogP) is -0.942. The van der Waals surface area contributed by atoms with Gasteiger partial charge in [0, 0.05) is 7.11 Å². The van der Waals surface area contributed by atoms with Gasteiger partial charge in [-0.2, -0.15) is 0 Å². The molecule has 0 aliphatic carbocycles. The third kappa shape index (κ3) is 3.79. The van der Waals surface area contributed by atoms with Crippen LogP contribution in [0.4, 0.5) is 0 Å². The third-order valence-electron chi connectivity index (χ3n) is 1.97. The van der Waals surface area contributed by atoms with Gasteiger partial charge in [0.05, 0.1) is 19.3 Å². The highest BCUT2D eigenvalue weighted by Gasteiger charge is 2.22. The molecule has 0 aliphatic heterocycles. The van der Waals surface area contributed by atoms with Crippen LogP contribution in [0.25, 0.3) is 0 Å². The SMILES string of the molecule is COCC(CO)NS(=O)(=O)c1ccc(CO)o1. The second-order valence-corrected chi connectivity index (χ2v) is 4.98. The van der Waals surface area contributed by atoms with Crippen LogP contribution < -0.4 is 4.72 Å². The van der Waals surface area contributed by atoms with Crippen LogP contribution in [0.3, 0.4) is 0 Å². The van der Waals surface area contributed by atoms with Crippen molar-refractivity contribution in [1.29, 1.82) is 0 Å². The molecule has 0 spiro atoms. The summed E-state index contributed by atoms with van der Waals surface area (Å²) in [6.45, 7) is -0.721. The molecule has 0 saturated heterocycles. The smallest absolute Gasteiger partial charge is 0.274 e. The predicted molar refractivity (Wildman–Crippen MR) is 57.7 cm³/mol. The fourth-order valence-electron chi connectivity index (χ4n) is 1.19. The van der Waals surface area contributed by atoms with E-state index in [2.05, 4.69) is 4.72 Å². The molecule has 0 bridgehead atoms. The molecule has 17 heavy (non-hydrogen) atoms. The highest BCUT2D eigenvalue weighted by Crippen LogP contribution is 2.14. The van der Waals surface area contributed by atoms with E-state index in [0.717, 1.165) is 0 Å². The first-order valence-electron chi connectivity index (χ1n) is 4.85. The number of furan rings is 1. The summed E-state index contributed by atoms with van der Waals surface area (Å²) in [6, 6.07) is 1.85. The second kappa shape index (κ2) is 6.12. The Hall–Kier alpha value is -0.930. The normalized spacial score (nSPS) is 13.8. The van der Waals surface area contributed by atoms with E-state index in [1.54, 1.807) is 0 Å². The fourth-order valence-corrected chi connectivity index (χ4v) is 2.35. The molecule has 1 unspecified atom stereocenters. The maximum absolute atomic E-state index is 11.8. The first-order valence-corrected chi connectivity index (χ1v) is 6.33. The first-order chi connectivity index (χ1) is 8.03. The summed E-state index contributed by atoms with van der Waals surface area (Å²) < 4.78 is 35.4. The molecule has 8 heteroatoms. The summed E-state index contributed by atoms with van der Waals surface area (Å²) in [6.07, 6.45) is 0. The van der Waals surface area contributed by atoms with Gasteiger partial charge in [0.1, 0.15) is 12.4 Å². The quantitative estimate of drug-likeness (QED) is 0.587. The highest BCUT2D eigenvalue weighted by molar-refractivity contribution is 7.89. The number of aliphatic hydroxyl groups is 2. The van der Waals surface area contributed by atoms with Gasteiger partial charge in [-0.25, -0.2) is 13.1 Å². The number of ether oxygens (including phenoxy) is 1. The van der Waals surface area contributed by atoms with Crippen LogP contribution in [0.1, 0.15) is 5.76 Å². The maximum Gasteiger partial charge on any atom is 0.274 e. The van der Waals surface area contributed by atoms with Gasteiger partial charge in [0.25, 0.3) is 10.0 Å². The summed E-state index contributed by atoms with van der Waals surface area (Å²) >= 11 is 0. The van der Waals surface area contributed by atoms with Crippen molar-refractivity contribution in [3.05, 3.63) is 17.9 Å². The van der Waals surface area contributed by atoms with Gasteiger partial charge < -0.3 is 19.4 Å². The van der Waals surface area contributed by atoms with Crippen molar-refractivity contribution >= 4 is 10.0 Å². The molecule has 0 aromatic carbocycles. The Bertz CT molecular complexity index is 440. The zero-order valence-corrected chi connectivity index (χ0v) is 10.1. The average Bonchev–Trinajstić information content (AvgIpc) is 2.77. The Morgan fingerprint density at radius 1 is 1.47 bits per heavy atom. The van der Waals surface area contributed by atoms with Crippen LogP contribution >= 0.6 is 0 Å². The van der Waals surface area contributed by atoms with Gasteiger partial charge in [-0.15, -0.1) is 0 Å². The van der Waals surface area contributed by atoms with Gasteiger partial charge in [0.15, 0.2) is 0 Å². The lowest BCUT2D eigenvalue weighted by Crippen LogP contribution is -2.40. The van der Waals surface area contributed by atoms with Crippen LogP contribution in [0, 0.1) is 0 Å². The van der Waals surface area contributed by atoms with Crippen LogP contribution in [-0.2, 0) is 21.4 Å². The van der Waals surface area contributed by atoms with Crippen LogP contribution in [0.2, 0.25) is 0 Å². The van der Waals surface area contributed by atoms with Crippen LogP contribution in [-0.4, -0.2) is 45.0 Å². The molecule has 1 aromatic rings. The lowest BCUT2D eigenvalue weighted by Gasteiger charge is -2.13. The van der Waals surface area contributed by atoms with Crippen LogP contribution in [0.15, 0.2) is 21.6 Å². The molecule has 1 atom stereocenters. The van der Waals surface area contributed by atoms with Gasteiger partial charge >= 0.3 is 0 Å². The third-order valence-corrected chi connectivity index (χ3v) is 3.36. The number of aliphatic hydroxyl groups excluding tert-OH is 2. The standard InChI is InChI=1S/C9H15NO6S/c1-15-6-7(4-11)10-17(13,14)9-3-2-8(5-12)16-9/h2-3,7,10-12H,4-6H2,1H3. The molecular weight excluding hydrogens is 250 g/mol. The average molecular weight is 265 g/mol. The first kappa shape index (κ1) is 14.1. The van der Waals surface area contributed by atoms with Crippen LogP contribution in [0.5, 0.6) is 0 Å². The van der Waals surface area contributed by atoms with Crippen molar-refractivity contribution in [3.8, 4) is 0 Å². The van der Waals surface area contributed by atoms with E-state index in [-0.39, 0.29) is 30.7 Å². The van der Waals surface area contributed by atoms with Gasteiger partial charge in [0.2, 0.25) is 5.09 Å². The van der Waals surface area contributed by atoms with Crippen molar-refractivity contribution in [2.75, 3.05) is 20.3 Å². The summed E-state index contributed by atoms with van der Waals surface area (Å²) in [5, 5.41) is 17.4. The zero-order chi connectivity index (χ0) is 12.9. The largest absolute Gasteiger partial charge is 0.446 e. The summed E-state index contributed by atoms with van der Waals surface area (Å²) in [4.78, 5) is 0. The number of nitrogens with one attached hydrogen (secondary N) is 1. The molecule has 98 valence electrons. The van der Waals surface area contributed by atoms with E-state index in [4.69, 9.17) is 19.4 Å². The molecule has 0 radical (unpaired) electrons. The molecule has 7 nitrogen and oxygen atoms in total. The molecule has 0 aliphatic rings. The number of methoxy groups -OCH3 is 1. The molecular formula is C9H15NO6S. The fraction of sp³-hybridized carbons (Fsp3) is 0.556. The topological polar surface area (TPSA) is 109 Å². The lowest BCUT2D eigenvalue weighted by atomic mass is 10.4. The summed E-state index contributed by atoms with van der Waals surface area (Å²) in [5.74, 6) is 0.151. The molecule has 0 amide bonds. The second-order valence-electron chi connectivity index (χ2n) is 3.33. The molecule has 1 rings (SSSR count). The van der Waals surface area contributed by atoms with Gasteiger partial charge in [-0.05, 0) is 12.1 Å². The van der Waals surface area contributed by atoms with Crippen molar-refractivity contribution in [2.24, 2.45) is 0 Å². The monoisotopic (exact) mass is 265 g/mol. The van der Waals surface area contributed by atoms with Crippen molar-refractivity contribution < 1.29 is 27.8 Å². The Morgan fingerprint density at radius 2 is 2.18 bits per heavy atom. The van der Waals surface area contributed by atoms with E-state index in [1.807, 2.05) is 0 Å². The molecule has 1 heterocycles. The highest BCUT2D eigenvalue weighted by atomic mass is 32.2. The van der Waals surface area contributed by atoms with E-state index in [1.165, 1.54) is 19.2 Å². The Labute approximate surface area is 99.1 Å². The Kier molecular flexibility index (Phi) is 5.09. The van der Waals surface area contributed by atoms with E-state index in [0.29, 0.717) is 0 Å². The summed E-state index contributed by atoms with van der Waals surface area (Å²) in [5.41, 5.74) is 0. The zero-order valence-electron chi connectivity index (χ0n) is 9.29. The molecule has 3 N–H and O–H groups in total. The molecule has 0 fully saturated rings. The minimum absolute atomic E-state index is 0.0449. The number of hydrogen-bond acceptors (Lipinski definition) is 6. The van der Waals surface area contributed by atoms with Gasteiger partial charge in [-0.1, -0.05) is 0 Å². The van der Waals surface area contributed by atoms with Crippen molar-refractivity contribution in [1.82, 2.24) is 4.72 Å². The van der Waals surface area contributed by atoms with E-state index >= 15 is 0 Å². The van der Waals surface area contributed by atoms with Crippen molar-refractivity contribution in [2.45, 2.75) is 17.7 Å². The maximum atomic E-state index is 11.8. The molecule has 1 aromatic heterocycles. The Balaban J connectivity index is 2.80. The van der Waals surface area contributed by atoms with Crippen molar-refractivity contribution in [3.63, 3.8) is 0 Å². The Morgan fingerprint density at radius 3 is 2.65 bits per heavy atom. The van der Waals surface area contributed by atoms with E-state index < -0.39 is 16.1 Å². The number of sulfonamides is 1. The summed E-state index contributed by atoms with van der Waals surface area (Å²) in [7, 11) is -2.45.